The van der Waals surface area contributed by atoms with E-state index >= 15 is 0 Å². The van der Waals surface area contributed by atoms with E-state index in [1.54, 1.807) is 0 Å². The predicted molar refractivity (Wildman–Crippen MR) is 65.8 cm³/mol. The van der Waals surface area contributed by atoms with E-state index in [1.165, 1.54) is 12.1 Å². The lowest BCUT2D eigenvalue weighted by molar-refractivity contribution is 0.133. The summed E-state index contributed by atoms with van der Waals surface area (Å²) in [4.78, 5) is 5.05. The topological polar surface area (TPSA) is 47.6 Å². The Balaban J connectivity index is 2.16. The van der Waals surface area contributed by atoms with Crippen LogP contribution in [0.1, 0.15) is 18.4 Å². The van der Waals surface area contributed by atoms with Crippen molar-refractivity contribution in [3.05, 3.63) is 33.6 Å². The van der Waals surface area contributed by atoms with E-state index in [-0.39, 0.29) is 21.4 Å². The predicted octanol–water partition coefficient (Wildman–Crippen LogP) is 3.18. The van der Waals surface area contributed by atoms with Crippen molar-refractivity contribution in [1.29, 1.82) is 0 Å². The Morgan fingerprint density at radius 3 is 2.82 bits per heavy atom. The molecule has 0 aromatic heterocycles. The summed E-state index contributed by atoms with van der Waals surface area (Å²) >= 11 is 11.7. The first-order chi connectivity index (χ1) is 8.09. The highest BCUT2D eigenvalue weighted by Crippen LogP contribution is 2.29. The van der Waals surface area contributed by atoms with Gasteiger partial charge in [0, 0.05) is 0 Å². The van der Waals surface area contributed by atoms with Crippen LogP contribution in [0, 0.1) is 11.7 Å². The van der Waals surface area contributed by atoms with Crippen LogP contribution in [0.3, 0.4) is 0 Å². The standard InChI is InChI=1S/C11H11Cl2FN2O/c12-7-3-4-8(14)10(13)9(7)11(15)16-17-5-6-1-2-6/h3-4,6H,1-2,5H2,(H2,15,16). The van der Waals surface area contributed by atoms with E-state index < -0.39 is 5.82 Å². The maximum absolute atomic E-state index is 13.2. The molecule has 0 radical (unpaired) electrons. The normalized spacial score (nSPS) is 16.1. The quantitative estimate of drug-likeness (QED) is 0.397. The number of nitrogens with zero attached hydrogens (tertiary/aromatic N) is 1. The average molecular weight is 277 g/mol. The highest BCUT2D eigenvalue weighted by molar-refractivity contribution is 6.40. The number of amidine groups is 1. The van der Waals surface area contributed by atoms with Crippen LogP contribution in [0.4, 0.5) is 4.39 Å². The van der Waals surface area contributed by atoms with E-state index in [0.717, 1.165) is 12.8 Å². The Morgan fingerprint density at radius 2 is 2.18 bits per heavy atom. The van der Waals surface area contributed by atoms with Gasteiger partial charge in [0.25, 0.3) is 0 Å². The van der Waals surface area contributed by atoms with E-state index in [4.69, 9.17) is 33.8 Å². The molecular formula is C11H11Cl2FN2O. The fraction of sp³-hybridized carbons (Fsp3) is 0.364. The summed E-state index contributed by atoms with van der Waals surface area (Å²) in [5.74, 6) is -0.0448. The Labute approximate surface area is 108 Å². The third-order valence-electron chi connectivity index (χ3n) is 2.47. The van der Waals surface area contributed by atoms with Crippen LogP contribution in [0.15, 0.2) is 17.3 Å². The maximum Gasteiger partial charge on any atom is 0.173 e. The summed E-state index contributed by atoms with van der Waals surface area (Å²) < 4.78 is 13.2. The molecule has 1 saturated carbocycles. The Hall–Kier alpha value is -1.00. The molecule has 0 aliphatic heterocycles. The van der Waals surface area contributed by atoms with Crippen LogP contribution in [0.5, 0.6) is 0 Å². The van der Waals surface area contributed by atoms with Crippen molar-refractivity contribution in [2.24, 2.45) is 16.8 Å². The first-order valence-electron chi connectivity index (χ1n) is 5.19. The molecule has 2 N–H and O–H groups in total. The lowest BCUT2D eigenvalue weighted by Gasteiger charge is -2.06. The lowest BCUT2D eigenvalue weighted by Crippen LogP contribution is -2.16. The lowest BCUT2D eigenvalue weighted by atomic mass is 10.2. The fourth-order valence-electron chi connectivity index (χ4n) is 1.30. The molecule has 0 unspecified atom stereocenters. The monoisotopic (exact) mass is 276 g/mol. The third kappa shape index (κ3) is 3.01. The highest BCUT2D eigenvalue weighted by atomic mass is 35.5. The summed E-state index contributed by atoms with van der Waals surface area (Å²) in [6, 6.07) is 2.55. The van der Waals surface area contributed by atoms with Crippen LogP contribution in [0.2, 0.25) is 10.0 Å². The van der Waals surface area contributed by atoms with Crippen molar-refractivity contribution in [3.8, 4) is 0 Å². The molecule has 2 rings (SSSR count). The molecule has 0 amide bonds. The van der Waals surface area contributed by atoms with Gasteiger partial charge in [-0.05, 0) is 30.9 Å². The van der Waals surface area contributed by atoms with Crippen LogP contribution in [-0.4, -0.2) is 12.4 Å². The second kappa shape index (κ2) is 5.10. The van der Waals surface area contributed by atoms with E-state index in [0.29, 0.717) is 12.5 Å². The van der Waals surface area contributed by atoms with Crippen molar-refractivity contribution in [2.75, 3.05) is 6.61 Å². The molecule has 0 bridgehead atoms. The van der Waals surface area contributed by atoms with Gasteiger partial charge in [-0.2, -0.15) is 0 Å². The van der Waals surface area contributed by atoms with Gasteiger partial charge in [0.1, 0.15) is 12.4 Å². The van der Waals surface area contributed by atoms with Gasteiger partial charge in [0.15, 0.2) is 5.84 Å². The molecule has 3 nitrogen and oxygen atoms in total. The minimum Gasteiger partial charge on any atom is -0.394 e. The summed E-state index contributed by atoms with van der Waals surface area (Å²) in [5.41, 5.74) is 5.83. The zero-order valence-electron chi connectivity index (χ0n) is 8.92. The van der Waals surface area contributed by atoms with E-state index in [2.05, 4.69) is 5.16 Å². The number of hydrogen-bond donors (Lipinski definition) is 1. The molecule has 92 valence electrons. The summed E-state index contributed by atoms with van der Waals surface area (Å²) in [6.45, 7) is 0.519. The number of nitrogens with two attached hydrogens (primary N) is 1. The van der Waals surface area contributed by atoms with Crippen molar-refractivity contribution in [1.82, 2.24) is 0 Å². The van der Waals surface area contributed by atoms with Crippen LogP contribution < -0.4 is 5.73 Å². The van der Waals surface area contributed by atoms with Crippen LogP contribution >= 0.6 is 23.2 Å². The van der Waals surface area contributed by atoms with Crippen molar-refractivity contribution < 1.29 is 9.23 Å². The molecule has 0 heterocycles. The van der Waals surface area contributed by atoms with Crippen LogP contribution in [0.25, 0.3) is 0 Å². The molecule has 0 spiro atoms. The molecule has 1 fully saturated rings. The van der Waals surface area contributed by atoms with Crippen LogP contribution in [-0.2, 0) is 4.84 Å². The molecule has 1 aliphatic carbocycles. The summed E-state index contributed by atoms with van der Waals surface area (Å²) in [5, 5.41) is 3.79. The molecule has 0 saturated heterocycles. The minimum absolute atomic E-state index is 0.0137. The second-order valence-electron chi connectivity index (χ2n) is 3.93. The fourth-order valence-corrected chi connectivity index (χ4v) is 1.87. The molecule has 17 heavy (non-hydrogen) atoms. The summed E-state index contributed by atoms with van der Waals surface area (Å²) in [6.07, 6.45) is 2.30. The van der Waals surface area contributed by atoms with E-state index in [9.17, 15) is 4.39 Å². The first kappa shape index (κ1) is 12.5. The molecule has 0 atom stereocenters. The van der Waals surface area contributed by atoms with Gasteiger partial charge in [-0.3, -0.25) is 0 Å². The number of oxime groups is 1. The number of hydrogen-bond acceptors (Lipinski definition) is 2. The Morgan fingerprint density at radius 1 is 1.47 bits per heavy atom. The van der Waals surface area contributed by atoms with Gasteiger partial charge in [0.2, 0.25) is 0 Å². The third-order valence-corrected chi connectivity index (χ3v) is 3.15. The SMILES string of the molecule is NC(=NOCC1CC1)c1c(Cl)ccc(F)c1Cl. The molecular weight excluding hydrogens is 266 g/mol. The van der Waals surface area contributed by atoms with Gasteiger partial charge < -0.3 is 10.6 Å². The molecule has 1 aromatic carbocycles. The smallest absolute Gasteiger partial charge is 0.173 e. The number of halogens is 3. The first-order valence-corrected chi connectivity index (χ1v) is 5.94. The number of benzene rings is 1. The average Bonchev–Trinajstić information content (AvgIpc) is 3.08. The maximum atomic E-state index is 13.2. The van der Waals surface area contributed by atoms with Gasteiger partial charge in [-0.1, -0.05) is 28.4 Å². The second-order valence-corrected chi connectivity index (χ2v) is 4.72. The molecule has 1 aromatic rings. The summed E-state index contributed by atoms with van der Waals surface area (Å²) in [7, 11) is 0. The highest BCUT2D eigenvalue weighted by Gasteiger charge is 2.22. The molecule has 6 heteroatoms. The van der Waals surface area contributed by atoms with Gasteiger partial charge in [-0.15, -0.1) is 0 Å². The minimum atomic E-state index is -0.591. The number of rotatable bonds is 4. The Bertz CT molecular complexity index is 461. The van der Waals surface area contributed by atoms with Gasteiger partial charge in [0.05, 0.1) is 15.6 Å². The zero-order chi connectivity index (χ0) is 12.4. The zero-order valence-corrected chi connectivity index (χ0v) is 10.4. The van der Waals surface area contributed by atoms with Crippen molar-refractivity contribution in [3.63, 3.8) is 0 Å². The van der Waals surface area contributed by atoms with Gasteiger partial charge in [-0.25, -0.2) is 4.39 Å². The molecule has 1 aliphatic rings. The largest absolute Gasteiger partial charge is 0.394 e. The van der Waals surface area contributed by atoms with Gasteiger partial charge >= 0.3 is 0 Å². The Kier molecular flexibility index (Phi) is 3.74. The van der Waals surface area contributed by atoms with Crippen molar-refractivity contribution in [2.45, 2.75) is 12.8 Å². The van der Waals surface area contributed by atoms with E-state index in [1.807, 2.05) is 0 Å². The van der Waals surface area contributed by atoms with Crippen molar-refractivity contribution >= 4 is 29.0 Å².